The number of aliphatic hydroxyl groups excluding tert-OH is 1. The number of amides is 1. The largest absolute Gasteiger partial charge is 0.507 e. The minimum Gasteiger partial charge on any atom is -0.507 e. The zero-order valence-electron chi connectivity index (χ0n) is 17.7. The normalized spacial score (nSPS) is 18.1. The van der Waals surface area contributed by atoms with Gasteiger partial charge in [-0.2, -0.15) is 0 Å². The Hall–Kier alpha value is -2.90. The first-order chi connectivity index (χ1) is 14.8. The van der Waals surface area contributed by atoms with Gasteiger partial charge in [-0.15, -0.1) is 0 Å². The molecule has 1 unspecified atom stereocenters. The molecule has 1 aliphatic rings. The maximum atomic E-state index is 13.0. The van der Waals surface area contributed by atoms with Gasteiger partial charge in [0.2, 0.25) is 0 Å². The second kappa shape index (κ2) is 9.94. The number of benzene rings is 1. The van der Waals surface area contributed by atoms with E-state index in [2.05, 4.69) is 4.98 Å². The number of ketones is 1. The van der Waals surface area contributed by atoms with E-state index < -0.39 is 17.7 Å². The second-order valence-corrected chi connectivity index (χ2v) is 7.77. The van der Waals surface area contributed by atoms with Crippen LogP contribution in [0.1, 0.15) is 37.6 Å². The van der Waals surface area contributed by atoms with E-state index in [4.69, 9.17) is 21.1 Å². The zero-order chi connectivity index (χ0) is 22.5. The first-order valence-corrected chi connectivity index (χ1v) is 10.4. The Morgan fingerprint density at radius 1 is 1.26 bits per heavy atom. The van der Waals surface area contributed by atoms with Gasteiger partial charge in [-0.3, -0.25) is 14.6 Å². The number of aliphatic hydroxyl groups is 1. The molecule has 0 bridgehead atoms. The Morgan fingerprint density at radius 2 is 2.03 bits per heavy atom. The third-order valence-electron chi connectivity index (χ3n) is 4.93. The van der Waals surface area contributed by atoms with Crippen molar-refractivity contribution < 1.29 is 24.2 Å². The maximum absolute atomic E-state index is 13.0. The molecule has 3 rings (SSSR count). The lowest BCUT2D eigenvalue weighted by Crippen LogP contribution is -2.31. The summed E-state index contributed by atoms with van der Waals surface area (Å²) in [5, 5.41) is 11.3. The average molecular weight is 445 g/mol. The number of halogens is 1. The van der Waals surface area contributed by atoms with Crippen LogP contribution in [-0.4, -0.2) is 53.0 Å². The fourth-order valence-corrected chi connectivity index (χ4v) is 3.67. The second-order valence-electron chi connectivity index (χ2n) is 7.37. The number of Topliss-reactive ketones (excluding diaryl/α,β-unsaturated/α-hetero) is 1. The summed E-state index contributed by atoms with van der Waals surface area (Å²) in [6.07, 6.45) is 2.18. The van der Waals surface area contributed by atoms with Gasteiger partial charge in [0, 0.05) is 24.9 Å². The van der Waals surface area contributed by atoms with Crippen molar-refractivity contribution in [3.05, 3.63) is 64.4 Å². The van der Waals surface area contributed by atoms with E-state index in [0.29, 0.717) is 24.5 Å². The summed E-state index contributed by atoms with van der Waals surface area (Å²) in [7, 11) is 1.49. The standard InChI is InChI=1S/C23H25ClN2O5/c1-14(2)31-12-6-11-26-20(18-7-4-5-10-25-18)19(22(28)23(26)29)21(27)16-13-15(30-3)8-9-17(16)24/h4-5,7-10,13-14,20,27H,6,11-12H2,1-3H3/b21-19+. The molecule has 2 aromatic rings. The lowest BCUT2D eigenvalue weighted by atomic mass is 9.98. The van der Waals surface area contributed by atoms with Gasteiger partial charge in [-0.25, -0.2) is 0 Å². The number of likely N-dealkylation sites (tertiary alicyclic amines) is 1. The predicted octanol–water partition coefficient (Wildman–Crippen LogP) is 3.98. The van der Waals surface area contributed by atoms with Gasteiger partial charge in [-0.1, -0.05) is 17.7 Å². The summed E-state index contributed by atoms with van der Waals surface area (Å²) in [6.45, 7) is 4.58. The summed E-state index contributed by atoms with van der Waals surface area (Å²) in [5.41, 5.74) is 0.638. The van der Waals surface area contributed by atoms with Gasteiger partial charge in [0.25, 0.3) is 11.7 Å². The molecular weight excluding hydrogens is 420 g/mol. The highest BCUT2D eigenvalue weighted by Crippen LogP contribution is 2.40. The summed E-state index contributed by atoms with van der Waals surface area (Å²) in [5.74, 6) is -1.38. The summed E-state index contributed by atoms with van der Waals surface area (Å²) >= 11 is 6.28. The molecule has 0 radical (unpaired) electrons. The van der Waals surface area contributed by atoms with Crippen LogP contribution < -0.4 is 4.74 Å². The number of carbonyl (C=O) groups excluding carboxylic acids is 2. The summed E-state index contributed by atoms with van der Waals surface area (Å²) in [4.78, 5) is 31.6. The zero-order valence-corrected chi connectivity index (χ0v) is 18.4. The first kappa shape index (κ1) is 22.8. The first-order valence-electron chi connectivity index (χ1n) is 10.00. The molecule has 8 heteroatoms. The third-order valence-corrected chi connectivity index (χ3v) is 5.26. The van der Waals surface area contributed by atoms with Crippen molar-refractivity contribution in [1.29, 1.82) is 0 Å². The van der Waals surface area contributed by atoms with Gasteiger partial charge in [0.1, 0.15) is 17.6 Å². The Kier molecular flexibility index (Phi) is 7.30. The Bertz CT molecular complexity index is 991. The molecule has 2 heterocycles. The number of nitrogens with zero attached hydrogens (tertiary/aromatic N) is 2. The van der Waals surface area contributed by atoms with Crippen LogP contribution in [0.15, 0.2) is 48.2 Å². The van der Waals surface area contributed by atoms with Crippen LogP contribution in [0, 0.1) is 0 Å². The highest BCUT2D eigenvalue weighted by Gasteiger charge is 2.46. The molecule has 1 atom stereocenters. The highest BCUT2D eigenvalue weighted by molar-refractivity contribution is 6.47. The lowest BCUT2D eigenvalue weighted by molar-refractivity contribution is -0.140. The topological polar surface area (TPSA) is 89.0 Å². The van der Waals surface area contributed by atoms with Crippen molar-refractivity contribution in [2.24, 2.45) is 0 Å². The Morgan fingerprint density at radius 3 is 2.68 bits per heavy atom. The lowest BCUT2D eigenvalue weighted by Gasteiger charge is -2.24. The fourth-order valence-electron chi connectivity index (χ4n) is 3.47. The van der Waals surface area contributed by atoms with Crippen LogP contribution in [-0.2, 0) is 14.3 Å². The third kappa shape index (κ3) is 4.89. The monoisotopic (exact) mass is 444 g/mol. The van der Waals surface area contributed by atoms with Crippen LogP contribution in [0.5, 0.6) is 5.75 Å². The molecule has 1 aromatic heterocycles. The van der Waals surface area contributed by atoms with E-state index in [9.17, 15) is 14.7 Å². The van der Waals surface area contributed by atoms with Crippen molar-refractivity contribution >= 4 is 29.1 Å². The number of hydrogen-bond donors (Lipinski definition) is 1. The van der Waals surface area contributed by atoms with E-state index in [0.717, 1.165) is 0 Å². The summed E-state index contributed by atoms with van der Waals surface area (Å²) < 4.78 is 10.8. The van der Waals surface area contributed by atoms with Crippen molar-refractivity contribution in [3.63, 3.8) is 0 Å². The van der Waals surface area contributed by atoms with Crippen LogP contribution >= 0.6 is 11.6 Å². The van der Waals surface area contributed by atoms with Gasteiger partial charge in [0.05, 0.1) is 29.5 Å². The van der Waals surface area contributed by atoms with Gasteiger partial charge < -0.3 is 19.5 Å². The Labute approximate surface area is 186 Å². The molecule has 0 saturated carbocycles. The molecule has 1 amide bonds. The summed E-state index contributed by atoms with van der Waals surface area (Å²) in [6, 6.07) is 9.12. The van der Waals surface area contributed by atoms with E-state index in [1.165, 1.54) is 18.1 Å². The Balaban J connectivity index is 2.06. The van der Waals surface area contributed by atoms with Gasteiger partial charge >= 0.3 is 0 Å². The van der Waals surface area contributed by atoms with E-state index in [-0.39, 0.29) is 34.6 Å². The molecule has 0 spiro atoms. The molecule has 1 N–H and O–H groups in total. The highest BCUT2D eigenvalue weighted by atomic mass is 35.5. The minimum absolute atomic E-state index is 0.0522. The number of hydrogen-bond acceptors (Lipinski definition) is 6. The van der Waals surface area contributed by atoms with E-state index >= 15 is 0 Å². The van der Waals surface area contributed by atoms with Crippen molar-refractivity contribution in [3.8, 4) is 5.75 Å². The number of methoxy groups -OCH3 is 1. The van der Waals surface area contributed by atoms with Crippen molar-refractivity contribution in [2.45, 2.75) is 32.4 Å². The van der Waals surface area contributed by atoms with Crippen LogP contribution in [0.3, 0.4) is 0 Å². The van der Waals surface area contributed by atoms with Crippen LogP contribution in [0.25, 0.3) is 5.76 Å². The van der Waals surface area contributed by atoms with Gasteiger partial charge in [-0.05, 0) is 50.6 Å². The number of rotatable bonds is 8. The maximum Gasteiger partial charge on any atom is 0.295 e. The molecule has 7 nitrogen and oxygen atoms in total. The van der Waals surface area contributed by atoms with E-state index in [1.54, 1.807) is 36.5 Å². The molecule has 1 aromatic carbocycles. The number of aromatic nitrogens is 1. The molecular formula is C23H25ClN2O5. The predicted molar refractivity (Wildman–Crippen MR) is 117 cm³/mol. The smallest absolute Gasteiger partial charge is 0.295 e. The number of carbonyl (C=O) groups is 2. The fraction of sp³-hybridized carbons (Fsp3) is 0.348. The molecule has 164 valence electrons. The van der Waals surface area contributed by atoms with Crippen molar-refractivity contribution in [2.75, 3.05) is 20.3 Å². The van der Waals surface area contributed by atoms with Crippen molar-refractivity contribution in [1.82, 2.24) is 9.88 Å². The SMILES string of the molecule is COc1ccc(Cl)c(/C(O)=C2\C(=O)C(=O)N(CCCOC(C)C)C2c2ccccn2)c1. The number of pyridine rings is 1. The van der Waals surface area contributed by atoms with E-state index in [1.807, 2.05) is 13.8 Å². The molecule has 1 fully saturated rings. The molecule has 1 aliphatic heterocycles. The van der Waals surface area contributed by atoms with Gasteiger partial charge in [0.15, 0.2) is 0 Å². The quantitative estimate of drug-likeness (QED) is 0.287. The molecule has 31 heavy (non-hydrogen) atoms. The number of ether oxygens (including phenoxy) is 2. The minimum atomic E-state index is -0.831. The van der Waals surface area contributed by atoms with Crippen LogP contribution in [0.4, 0.5) is 0 Å². The average Bonchev–Trinajstić information content (AvgIpc) is 3.02. The van der Waals surface area contributed by atoms with Crippen LogP contribution in [0.2, 0.25) is 5.02 Å². The molecule has 0 aliphatic carbocycles. The molecule has 1 saturated heterocycles.